The molecule has 1 aromatic heterocycles. The highest BCUT2D eigenvalue weighted by molar-refractivity contribution is 5.99. The van der Waals surface area contributed by atoms with Crippen molar-refractivity contribution in [3.05, 3.63) is 18.1 Å². The number of nitrogens with two attached hydrogens (primary N) is 1. The van der Waals surface area contributed by atoms with Gasteiger partial charge in [-0.05, 0) is 6.42 Å². The Kier molecular flexibility index (Phi) is 5.15. The van der Waals surface area contributed by atoms with Crippen LogP contribution in [0.4, 0.5) is 5.82 Å². The number of hydrogen-bond donors (Lipinski definition) is 2. The fourth-order valence-corrected chi connectivity index (χ4v) is 1.39. The molecule has 0 aliphatic heterocycles. The van der Waals surface area contributed by atoms with E-state index in [2.05, 4.69) is 15.1 Å². The topological polar surface area (TPSA) is 96.9 Å². The first-order valence-corrected chi connectivity index (χ1v) is 5.19. The van der Waals surface area contributed by atoms with Crippen LogP contribution in [-0.4, -0.2) is 48.3 Å². The monoisotopic (exact) mass is 239 g/mol. The predicted octanol–water partition coefficient (Wildman–Crippen LogP) is 0.0438. The van der Waals surface area contributed by atoms with Crippen molar-refractivity contribution in [2.24, 2.45) is 10.9 Å². The van der Waals surface area contributed by atoms with Crippen molar-refractivity contribution in [1.29, 1.82) is 0 Å². The van der Waals surface area contributed by atoms with Crippen molar-refractivity contribution in [2.75, 3.05) is 32.2 Å². The van der Waals surface area contributed by atoms with Crippen LogP contribution in [-0.2, 0) is 4.74 Å². The van der Waals surface area contributed by atoms with Crippen molar-refractivity contribution in [2.45, 2.75) is 6.42 Å². The lowest BCUT2D eigenvalue weighted by atomic mass is 10.3. The SMILES string of the molecule is COCCCN(C)c1nccnc1C(N)=NO. The maximum Gasteiger partial charge on any atom is 0.192 e. The molecule has 7 nitrogen and oxygen atoms in total. The van der Waals surface area contributed by atoms with Crippen LogP contribution < -0.4 is 10.6 Å². The number of oxime groups is 1. The fraction of sp³-hybridized carbons (Fsp3) is 0.500. The standard InChI is InChI=1S/C10H17N5O2/c1-15(6-3-7-17-2)10-8(9(11)14-16)12-4-5-13-10/h4-5,16H,3,6-7H2,1-2H3,(H2,11,14). The van der Waals surface area contributed by atoms with E-state index in [1.165, 1.54) is 6.20 Å². The van der Waals surface area contributed by atoms with Gasteiger partial charge >= 0.3 is 0 Å². The summed E-state index contributed by atoms with van der Waals surface area (Å²) in [6, 6.07) is 0. The minimum atomic E-state index is -0.0494. The second-order valence-corrected chi connectivity index (χ2v) is 3.48. The third-order valence-electron chi connectivity index (χ3n) is 2.23. The van der Waals surface area contributed by atoms with Gasteiger partial charge in [0.25, 0.3) is 0 Å². The molecule has 0 amide bonds. The lowest BCUT2D eigenvalue weighted by Gasteiger charge is -2.19. The van der Waals surface area contributed by atoms with Crippen molar-refractivity contribution in [3.8, 4) is 0 Å². The number of nitrogens with zero attached hydrogens (tertiary/aromatic N) is 4. The molecule has 0 atom stereocenters. The second-order valence-electron chi connectivity index (χ2n) is 3.48. The molecule has 1 aromatic rings. The quantitative estimate of drug-likeness (QED) is 0.239. The highest BCUT2D eigenvalue weighted by Gasteiger charge is 2.13. The summed E-state index contributed by atoms with van der Waals surface area (Å²) in [7, 11) is 3.53. The smallest absolute Gasteiger partial charge is 0.192 e. The lowest BCUT2D eigenvalue weighted by molar-refractivity contribution is 0.196. The van der Waals surface area contributed by atoms with E-state index in [-0.39, 0.29) is 5.84 Å². The molecule has 0 aliphatic rings. The molecule has 3 N–H and O–H groups in total. The Morgan fingerprint density at radius 1 is 1.53 bits per heavy atom. The van der Waals surface area contributed by atoms with Crippen molar-refractivity contribution in [3.63, 3.8) is 0 Å². The summed E-state index contributed by atoms with van der Waals surface area (Å²) in [6.07, 6.45) is 3.93. The minimum Gasteiger partial charge on any atom is -0.409 e. The lowest BCUT2D eigenvalue weighted by Crippen LogP contribution is -2.26. The van der Waals surface area contributed by atoms with Gasteiger partial charge in [0.1, 0.15) is 0 Å². The van der Waals surface area contributed by atoms with Crippen molar-refractivity contribution < 1.29 is 9.94 Å². The van der Waals surface area contributed by atoms with Crippen LogP contribution >= 0.6 is 0 Å². The van der Waals surface area contributed by atoms with Crippen LogP contribution in [0.1, 0.15) is 12.1 Å². The molecule has 0 saturated carbocycles. The number of aromatic nitrogens is 2. The average molecular weight is 239 g/mol. The Morgan fingerprint density at radius 3 is 2.88 bits per heavy atom. The van der Waals surface area contributed by atoms with Gasteiger partial charge in [-0.3, -0.25) is 0 Å². The van der Waals surface area contributed by atoms with Crippen molar-refractivity contribution in [1.82, 2.24) is 9.97 Å². The zero-order chi connectivity index (χ0) is 12.7. The summed E-state index contributed by atoms with van der Waals surface area (Å²) in [6.45, 7) is 1.42. The number of amidine groups is 1. The van der Waals surface area contributed by atoms with Crippen LogP contribution in [0, 0.1) is 0 Å². The molecule has 1 heterocycles. The molecule has 7 heteroatoms. The molecule has 94 valence electrons. The maximum atomic E-state index is 8.67. The normalized spacial score (nSPS) is 11.5. The summed E-state index contributed by atoms with van der Waals surface area (Å²) < 4.78 is 4.98. The number of methoxy groups -OCH3 is 1. The Morgan fingerprint density at radius 2 is 2.24 bits per heavy atom. The summed E-state index contributed by atoms with van der Waals surface area (Å²) in [5.41, 5.74) is 5.90. The van der Waals surface area contributed by atoms with Gasteiger partial charge in [-0.25, -0.2) is 9.97 Å². The summed E-state index contributed by atoms with van der Waals surface area (Å²) in [5, 5.41) is 11.6. The Hall–Kier alpha value is -1.89. The molecule has 0 saturated heterocycles. The molecule has 1 rings (SSSR count). The molecule has 0 aliphatic carbocycles. The Labute approximate surface area is 99.9 Å². The van der Waals surface area contributed by atoms with Crippen LogP contribution in [0.3, 0.4) is 0 Å². The van der Waals surface area contributed by atoms with Gasteiger partial charge in [0.05, 0.1) is 0 Å². The zero-order valence-electron chi connectivity index (χ0n) is 10.00. The van der Waals surface area contributed by atoms with Gasteiger partial charge in [0.15, 0.2) is 17.3 Å². The summed E-state index contributed by atoms with van der Waals surface area (Å²) >= 11 is 0. The van der Waals surface area contributed by atoms with E-state index < -0.39 is 0 Å². The van der Waals surface area contributed by atoms with E-state index in [0.717, 1.165) is 13.0 Å². The average Bonchev–Trinajstić information content (AvgIpc) is 2.38. The molecular formula is C10H17N5O2. The van der Waals surface area contributed by atoms with E-state index in [4.69, 9.17) is 15.7 Å². The van der Waals surface area contributed by atoms with Crippen LogP contribution in [0.15, 0.2) is 17.5 Å². The predicted molar refractivity (Wildman–Crippen MR) is 64.3 cm³/mol. The number of ether oxygens (including phenoxy) is 1. The van der Waals surface area contributed by atoms with Gasteiger partial charge in [-0.2, -0.15) is 0 Å². The molecule has 0 bridgehead atoms. The molecule has 0 unspecified atom stereocenters. The largest absolute Gasteiger partial charge is 0.409 e. The van der Waals surface area contributed by atoms with Crippen LogP contribution in [0.25, 0.3) is 0 Å². The van der Waals surface area contributed by atoms with E-state index in [1.807, 2.05) is 11.9 Å². The van der Waals surface area contributed by atoms with Gasteiger partial charge in [-0.15, -0.1) is 0 Å². The third kappa shape index (κ3) is 3.56. The van der Waals surface area contributed by atoms with Gasteiger partial charge in [0, 0.05) is 39.7 Å². The zero-order valence-corrected chi connectivity index (χ0v) is 10.00. The molecule has 0 aromatic carbocycles. The third-order valence-corrected chi connectivity index (χ3v) is 2.23. The maximum absolute atomic E-state index is 8.67. The molecule has 0 radical (unpaired) electrons. The minimum absolute atomic E-state index is 0.0494. The second kappa shape index (κ2) is 6.64. The Balaban J connectivity index is 2.82. The number of hydrogen-bond acceptors (Lipinski definition) is 6. The first-order valence-electron chi connectivity index (χ1n) is 5.19. The molecule has 0 fully saturated rings. The fourth-order valence-electron chi connectivity index (χ4n) is 1.39. The molecule has 0 spiro atoms. The highest BCUT2D eigenvalue weighted by atomic mass is 16.5. The van der Waals surface area contributed by atoms with Crippen LogP contribution in [0.2, 0.25) is 0 Å². The highest BCUT2D eigenvalue weighted by Crippen LogP contribution is 2.13. The summed E-state index contributed by atoms with van der Waals surface area (Å²) in [4.78, 5) is 10.1. The van der Waals surface area contributed by atoms with Gasteiger partial charge in [-0.1, -0.05) is 5.16 Å². The van der Waals surface area contributed by atoms with Crippen LogP contribution in [0.5, 0.6) is 0 Å². The van der Waals surface area contributed by atoms with E-state index in [1.54, 1.807) is 13.3 Å². The van der Waals surface area contributed by atoms with E-state index in [9.17, 15) is 0 Å². The molecular weight excluding hydrogens is 222 g/mol. The van der Waals surface area contributed by atoms with Crippen molar-refractivity contribution >= 4 is 11.7 Å². The van der Waals surface area contributed by atoms with E-state index >= 15 is 0 Å². The van der Waals surface area contributed by atoms with Gasteiger partial charge in [0.2, 0.25) is 0 Å². The number of rotatable bonds is 6. The number of anilines is 1. The first-order chi connectivity index (χ1) is 8.20. The van der Waals surface area contributed by atoms with Gasteiger partial charge < -0.3 is 20.6 Å². The molecule has 17 heavy (non-hydrogen) atoms. The van der Waals surface area contributed by atoms with E-state index in [0.29, 0.717) is 18.1 Å². The first kappa shape index (κ1) is 13.2. The summed E-state index contributed by atoms with van der Waals surface area (Å²) in [5.74, 6) is 0.533. The Bertz CT molecular complexity index is 383.